The summed E-state index contributed by atoms with van der Waals surface area (Å²) in [5, 5.41) is 12.9. The van der Waals surface area contributed by atoms with Crippen molar-refractivity contribution in [2.24, 2.45) is 0 Å². The second kappa shape index (κ2) is 10.3. The number of carbonyl (C=O) groups is 1. The van der Waals surface area contributed by atoms with Gasteiger partial charge in [0.2, 0.25) is 5.91 Å². The van der Waals surface area contributed by atoms with Crippen LogP contribution in [0.15, 0.2) is 30.3 Å². The molecule has 0 unspecified atom stereocenters. The van der Waals surface area contributed by atoms with Crippen molar-refractivity contribution in [2.45, 2.75) is 52.0 Å². The molecule has 0 spiro atoms. The summed E-state index contributed by atoms with van der Waals surface area (Å²) in [7, 11) is 0. The van der Waals surface area contributed by atoms with Crippen LogP contribution in [0.4, 0.5) is 5.82 Å². The van der Waals surface area contributed by atoms with Crippen molar-refractivity contribution >= 4 is 11.7 Å². The average Bonchev–Trinajstić information content (AvgIpc) is 3.41. The third-order valence-corrected chi connectivity index (χ3v) is 7.21. The van der Waals surface area contributed by atoms with Gasteiger partial charge in [0.25, 0.3) is 0 Å². The molecule has 1 saturated heterocycles. The molecule has 0 bridgehead atoms. The normalized spacial score (nSPS) is 18.0. The van der Waals surface area contributed by atoms with Gasteiger partial charge in [0, 0.05) is 44.5 Å². The lowest BCUT2D eigenvalue weighted by Crippen LogP contribution is -2.49. The average molecular weight is 434 g/mol. The van der Waals surface area contributed by atoms with Crippen LogP contribution in [0.2, 0.25) is 0 Å². The highest BCUT2D eigenvalue weighted by Crippen LogP contribution is 2.37. The van der Waals surface area contributed by atoms with E-state index < -0.39 is 0 Å². The van der Waals surface area contributed by atoms with E-state index >= 15 is 0 Å². The first-order chi connectivity index (χ1) is 15.6. The van der Waals surface area contributed by atoms with Crippen molar-refractivity contribution in [3.05, 3.63) is 52.7 Å². The third kappa shape index (κ3) is 5.06. The zero-order valence-electron chi connectivity index (χ0n) is 19.4. The van der Waals surface area contributed by atoms with Crippen LogP contribution in [0, 0.1) is 25.2 Å². The van der Waals surface area contributed by atoms with Crippen molar-refractivity contribution in [3.63, 3.8) is 0 Å². The summed E-state index contributed by atoms with van der Waals surface area (Å²) < 4.78 is 2.22. The molecule has 1 aromatic carbocycles. The summed E-state index contributed by atoms with van der Waals surface area (Å²) in [6, 6.07) is 13.3. The van der Waals surface area contributed by atoms with E-state index in [4.69, 9.17) is 0 Å². The van der Waals surface area contributed by atoms with Crippen LogP contribution in [-0.4, -0.2) is 59.5 Å². The Balaban J connectivity index is 1.32. The fourth-order valence-electron chi connectivity index (χ4n) is 5.18. The maximum atomic E-state index is 12.9. The molecule has 32 heavy (non-hydrogen) atoms. The van der Waals surface area contributed by atoms with Crippen LogP contribution < -0.4 is 5.32 Å². The number of benzene rings is 1. The molecule has 1 aromatic heterocycles. The van der Waals surface area contributed by atoms with E-state index in [9.17, 15) is 10.1 Å². The lowest BCUT2D eigenvalue weighted by molar-refractivity contribution is -0.117. The Morgan fingerprint density at radius 3 is 2.38 bits per heavy atom. The molecule has 1 aliphatic heterocycles. The first kappa shape index (κ1) is 22.6. The number of amides is 1. The Bertz CT molecular complexity index is 960. The zero-order chi connectivity index (χ0) is 22.5. The van der Waals surface area contributed by atoms with Crippen molar-refractivity contribution in [2.75, 3.05) is 44.6 Å². The molecule has 6 heteroatoms. The predicted octanol–water partition coefficient (Wildman–Crippen LogP) is 3.89. The van der Waals surface area contributed by atoms with Gasteiger partial charge in [-0.05, 0) is 44.2 Å². The van der Waals surface area contributed by atoms with Crippen molar-refractivity contribution in [1.29, 1.82) is 5.26 Å². The van der Waals surface area contributed by atoms with Crippen LogP contribution in [0.1, 0.15) is 54.1 Å². The quantitative estimate of drug-likeness (QED) is 0.720. The van der Waals surface area contributed by atoms with Gasteiger partial charge in [0.15, 0.2) is 0 Å². The highest BCUT2D eigenvalue weighted by Gasteiger charge is 2.27. The molecule has 4 rings (SSSR count). The summed E-state index contributed by atoms with van der Waals surface area (Å²) in [4.78, 5) is 17.6. The number of aromatic nitrogens is 1. The molecule has 1 saturated carbocycles. The van der Waals surface area contributed by atoms with Crippen molar-refractivity contribution < 1.29 is 4.79 Å². The number of hydrogen-bond donors (Lipinski definition) is 1. The van der Waals surface area contributed by atoms with Gasteiger partial charge in [-0.15, -0.1) is 0 Å². The number of nitrogens with zero attached hydrogens (tertiary/aromatic N) is 4. The monoisotopic (exact) mass is 433 g/mol. The fourth-order valence-corrected chi connectivity index (χ4v) is 5.18. The van der Waals surface area contributed by atoms with Gasteiger partial charge < -0.3 is 14.8 Å². The molecule has 2 fully saturated rings. The maximum Gasteiger partial charge on any atom is 0.239 e. The third-order valence-electron chi connectivity index (χ3n) is 7.21. The van der Waals surface area contributed by atoms with E-state index in [1.807, 2.05) is 6.92 Å². The Labute approximate surface area is 191 Å². The molecular formula is C26H35N5O. The zero-order valence-corrected chi connectivity index (χ0v) is 19.4. The van der Waals surface area contributed by atoms with Crippen molar-refractivity contribution in [3.8, 4) is 6.07 Å². The van der Waals surface area contributed by atoms with Crippen LogP contribution in [0.25, 0.3) is 0 Å². The molecule has 2 heterocycles. The number of piperazine rings is 1. The number of nitriles is 1. The Morgan fingerprint density at radius 1 is 1.06 bits per heavy atom. The lowest BCUT2D eigenvalue weighted by Gasteiger charge is -2.34. The molecule has 1 aliphatic carbocycles. The second-order valence-corrected chi connectivity index (χ2v) is 9.26. The minimum atomic E-state index is -0.0176. The Kier molecular flexibility index (Phi) is 7.29. The summed E-state index contributed by atoms with van der Waals surface area (Å²) in [6.45, 7) is 9.27. The number of carbonyl (C=O) groups excluding carboxylic acids is 1. The minimum absolute atomic E-state index is 0.0176. The molecule has 1 amide bonds. The summed E-state index contributed by atoms with van der Waals surface area (Å²) in [5.74, 6) is 0.692. The standard InChI is InChI=1S/C26H35N5O/c1-20-21(2)31(23-10-6-7-11-23)26(24(20)18-27)28-25(32)19-30-16-14-29(15-17-30)13-12-22-8-4-3-5-9-22/h3-5,8-9,23H,6-7,10-17,19H2,1-2H3,(H,28,32). The molecule has 6 nitrogen and oxygen atoms in total. The molecule has 0 atom stereocenters. The number of rotatable bonds is 7. The highest BCUT2D eigenvalue weighted by atomic mass is 16.2. The van der Waals surface area contributed by atoms with E-state index in [0.29, 0.717) is 24.0 Å². The second-order valence-electron chi connectivity index (χ2n) is 9.26. The van der Waals surface area contributed by atoms with Crippen LogP contribution in [0.3, 0.4) is 0 Å². The molecular weight excluding hydrogens is 398 g/mol. The van der Waals surface area contributed by atoms with E-state index in [0.717, 1.165) is 63.2 Å². The highest BCUT2D eigenvalue weighted by molar-refractivity contribution is 5.93. The number of anilines is 1. The van der Waals surface area contributed by atoms with Gasteiger partial charge >= 0.3 is 0 Å². The van der Waals surface area contributed by atoms with Gasteiger partial charge in [-0.3, -0.25) is 9.69 Å². The van der Waals surface area contributed by atoms with Crippen LogP contribution in [-0.2, 0) is 11.2 Å². The van der Waals surface area contributed by atoms with E-state index in [2.05, 4.69) is 63.0 Å². The summed E-state index contributed by atoms with van der Waals surface area (Å²) in [6.07, 6.45) is 5.73. The topological polar surface area (TPSA) is 64.3 Å². The molecule has 0 radical (unpaired) electrons. The van der Waals surface area contributed by atoms with Gasteiger partial charge in [-0.25, -0.2) is 0 Å². The van der Waals surface area contributed by atoms with Crippen LogP contribution >= 0.6 is 0 Å². The molecule has 170 valence electrons. The van der Waals surface area contributed by atoms with Gasteiger partial charge in [0.1, 0.15) is 11.9 Å². The molecule has 1 N–H and O–H groups in total. The lowest BCUT2D eigenvalue weighted by atomic mass is 10.1. The summed E-state index contributed by atoms with van der Waals surface area (Å²) >= 11 is 0. The SMILES string of the molecule is Cc1c(C#N)c(NC(=O)CN2CCN(CCc3ccccc3)CC2)n(C2CCCC2)c1C. The summed E-state index contributed by atoms with van der Waals surface area (Å²) in [5.41, 5.74) is 4.09. The minimum Gasteiger partial charge on any atom is -0.327 e. The van der Waals surface area contributed by atoms with Gasteiger partial charge in [0.05, 0.1) is 12.1 Å². The van der Waals surface area contributed by atoms with E-state index in [1.54, 1.807) is 0 Å². The molecule has 2 aliphatic rings. The van der Waals surface area contributed by atoms with Crippen molar-refractivity contribution in [1.82, 2.24) is 14.4 Å². The number of nitrogens with one attached hydrogen (secondary N) is 1. The molecule has 2 aromatic rings. The van der Waals surface area contributed by atoms with Crippen LogP contribution in [0.5, 0.6) is 0 Å². The van der Waals surface area contributed by atoms with E-state index in [-0.39, 0.29) is 5.91 Å². The largest absolute Gasteiger partial charge is 0.327 e. The first-order valence-electron chi connectivity index (χ1n) is 12.0. The maximum absolute atomic E-state index is 12.9. The number of hydrogen-bond acceptors (Lipinski definition) is 4. The van der Waals surface area contributed by atoms with E-state index in [1.165, 1.54) is 18.4 Å². The fraction of sp³-hybridized carbons (Fsp3) is 0.538. The predicted molar refractivity (Wildman–Crippen MR) is 128 cm³/mol. The Hall–Kier alpha value is -2.62. The Morgan fingerprint density at radius 2 is 1.72 bits per heavy atom. The smallest absolute Gasteiger partial charge is 0.239 e. The van der Waals surface area contributed by atoms with Gasteiger partial charge in [-0.1, -0.05) is 43.2 Å². The first-order valence-corrected chi connectivity index (χ1v) is 12.0. The van der Waals surface area contributed by atoms with Gasteiger partial charge in [-0.2, -0.15) is 5.26 Å².